The lowest BCUT2D eigenvalue weighted by atomic mass is 9.89. The highest BCUT2D eigenvalue weighted by molar-refractivity contribution is 5.83. The van der Waals surface area contributed by atoms with Crippen molar-refractivity contribution < 1.29 is 4.79 Å². The number of rotatable bonds is 2. The fraction of sp³-hybridized carbons (Fsp3) is 0.750. The smallest absolute Gasteiger partial charge is 0.228 e. The minimum Gasteiger partial charge on any atom is -0.342 e. The van der Waals surface area contributed by atoms with Crippen LogP contribution in [0.1, 0.15) is 13.3 Å². The van der Waals surface area contributed by atoms with E-state index in [1.807, 2.05) is 13.0 Å². The van der Waals surface area contributed by atoms with E-state index in [2.05, 4.69) is 10.6 Å². The highest BCUT2D eigenvalue weighted by atomic mass is 16.2. The maximum absolute atomic E-state index is 11.4. The summed E-state index contributed by atoms with van der Waals surface area (Å²) in [4.78, 5) is 11.4. The van der Waals surface area contributed by atoms with E-state index >= 15 is 0 Å². The molecule has 0 bridgehead atoms. The topological polar surface area (TPSA) is 64.9 Å². The molecule has 1 fully saturated rings. The number of nitriles is 1. The van der Waals surface area contributed by atoms with Crippen LogP contribution >= 0.6 is 0 Å². The zero-order valence-electron chi connectivity index (χ0n) is 7.18. The predicted octanol–water partition coefficient (Wildman–Crippen LogP) is -0.374. The number of hydrogen-bond donors (Lipinski definition) is 2. The summed E-state index contributed by atoms with van der Waals surface area (Å²) in [5.41, 5.74) is -0.309. The molecule has 0 radical (unpaired) electrons. The van der Waals surface area contributed by atoms with Crippen molar-refractivity contribution in [3.8, 4) is 6.07 Å². The van der Waals surface area contributed by atoms with Crippen molar-refractivity contribution in [3.05, 3.63) is 0 Å². The second-order valence-corrected chi connectivity index (χ2v) is 3.33. The van der Waals surface area contributed by atoms with Crippen molar-refractivity contribution in [1.29, 1.82) is 5.26 Å². The van der Waals surface area contributed by atoms with Gasteiger partial charge in [0.25, 0.3) is 0 Å². The Hall–Kier alpha value is -1.08. The molecule has 1 saturated heterocycles. The molecule has 1 aliphatic rings. The van der Waals surface area contributed by atoms with Gasteiger partial charge in [-0.3, -0.25) is 4.79 Å². The molecule has 1 amide bonds. The zero-order chi connectivity index (χ0) is 9.03. The molecule has 0 aromatic heterocycles. The molecule has 2 N–H and O–H groups in total. The van der Waals surface area contributed by atoms with Gasteiger partial charge in [0, 0.05) is 6.54 Å². The van der Waals surface area contributed by atoms with E-state index in [-0.39, 0.29) is 17.9 Å². The first-order valence-corrected chi connectivity index (χ1v) is 4.05. The Bertz CT molecular complexity index is 213. The summed E-state index contributed by atoms with van der Waals surface area (Å²) < 4.78 is 0. The van der Waals surface area contributed by atoms with E-state index in [0.29, 0.717) is 6.54 Å². The van der Waals surface area contributed by atoms with Crippen LogP contribution in [0.3, 0.4) is 0 Å². The third-order valence-electron chi connectivity index (χ3n) is 2.24. The first kappa shape index (κ1) is 9.01. The third-order valence-corrected chi connectivity index (χ3v) is 2.24. The van der Waals surface area contributed by atoms with Gasteiger partial charge in [0.05, 0.1) is 11.5 Å². The molecule has 1 heterocycles. The largest absolute Gasteiger partial charge is 0.342 e. The minimum absolute atomic E-state index is 0.0194. The quantitative estimate of drug-likeness (QED) is 0.551. The van der Waals surface area contributed by atoms with E-state index < -0.39 is 0 Å². The maximum atomic E-state index is 11.4. The third kappa shape index (κ3) is 1.74. The first-order chi connectivity index (χ1) is 5.69. The Labute approximate surface area is 71.9 Å². The van der Waals surface area contributed by atoms with Crippen molar-refractivity contribution in [1.82, 2.24) is 10.6 Å². The molecule has 0 aromatic rings. The molecule has 0 saturated carbocycles. The summed E-state index contributed by atoms with van der Waals surface area (Å²) in [6.07, 6.45) is 0.851. The Morgan fingerprint density at radius 2 is 2.58 bits per heavy atom. The van der Waals surface area contributed by atoms with Crippen LogP contribution in [-0.2, 0) is 4.79 Å². The number of nitrogens with zero attached hydrogens (tertiary/aromatic N) is 1. The van der Waals surface area contributed by atoms with Crippen LogP contribution in [0.2, 0.25) is 0 Å². The second-order valence-electron chi connectivity index (χ2n) is 3.33. The van der Waals surface area contributed by atoms with Gasteiger partial charge in [-0.1, -0.05) is 0 Å². The lowest BCUT2D eigenvalue weighted by molar-refractivity contribution is -0.128. The average molecular weight is 167 g/mol. The Morgan fingerprint density at radius 3 is 3.08 bits per heavy atom. The van der Waals surface area contributed by atoms with E-state index in [1.165, 1.54) is 0 Å². The minimum atomic E-state index is -0.309. The van der Waals surface area contributed by atoms with Gasteiger partial charge in [0.2, 0.25) is 5.91 Å². The molecule has 0 aliphatic carbocycles. The van der Waals surface area contributed by atoms with Gasteiger partial charge in [0.15, 0.2) is 0 Å². The standard InChI is InChI=1S/C8H13N3O/c1-8(2-4-10-6-8)7(12)11-5-3-9/h10H,2,4-6H2,1H3,(H,11,12). The van der Waals surface area contributed by atoms with Crippen molar-refractivity contribution >= 4 is 5.91 Å². The summed E-state index contributed by atoms with van der Waals surface area (Å²) in [5, 5.41) is 14.0. The van der Waals surface area contributed by atoms with Crippen LogP contribution in [0, 0.1) is 16.7 Å². The summed E-state index contributed by atoms with van der Waals surface area (Å²) in [5.74, 6) is -0.0194. The normalized spacial score (nSPS) is 28.0. The van der Waals surface area contributed by atoms with Gasteiger partial charge < -0.3 is 10.6 Å². The molecule has 12 heavy (non-hydrogen) atoms. The van der Waals surface area contributed by atoms with Crippen molar-refractivity contribution in [2.45, 2.75) is 13.3 Å². The fourth-order valence-corrected chi connectivity index (χ4v) is 1.34. The molecule has 66 valence electrons. The summed E-state index contributed by atoms with van der Waals surface area (Å²) in [6.45, 7) is 3.62. The molecule has 4 heteroatoms. The zero-order valence-corrected chi connectivity index (χ0v) is 7.18. The molecule has 0 aromatic carbocycles. The van der Waals surface area contributed by atoms with Crippen LogP contribution in [0.4, 0.5) is 0 Å². The van der Waals surface area contributed by atoms with Crippen LogP contribution in [-0.4, -0.2) is 25.5 Å². The second kappa shape index (κ2) is 3.55. The molecule has 4 nitrogen and oxygen atoms in total. The maximum Gasteiger partial charge on any atom is 0.228 e. The Kier molecular flexibility index (Phi) is 2.66. The molecular formula is C8H13N3O. The van der Waals surface area contributed by atoms with Crippen LogP contribution in [0.25, 0.3) is 0 Å². The van der Waals surface area contributed by atoms with Crippen molar-refractivity contribution in [2.75, 3.05) is 19.6 Å². The molecule has 1 rings (SSSR count). The number of nitrogens with one attached hydrogen (secondary N) is 2. The van der Waals surface area contributed by atoms with Crippen molar-refractivity contribution in [2.24, 2.45) is 5.41 Å². The average Bonchev–Trinajstić information content (AvgIpc) is 2.49. The molecule has 1 aliphatic heterocycles. The fourth-order valence-electron chi connectivity index (χ4n) is 1.34. The van der Waals surface area contributed by atoms with Gasteiger partial charge in [-0.2, -0.15) is 5.26 Å². The number of amides is 1. The lowest BCUT2D eigenvalue weighted by Gasteiger charge is -2.20. The summed E-state index contributed by atoms with van der Waals surface area (Å²) >= 11 is 0. The number of hydrogen-bond acceptors (Lipinski definition) is 3. The van der Waals surface area contributed by atoms with E-state index in [0.717, 1.165) is 13.0 Å². The highest BCUT2D eigenvalue weighted by Gasteiger charge is 2.35. The predicted molar refractivity (Wildman–Crippen MR) is 44.2 cm³/mol. The van der Waals surface area contributed by atoms with Gasteiger partial charge in [-0.05, 0) is 19.9 Å². The van der Waals surface area contributed by atoms with E-state index in [9.17, 15) is 4.79 Å². The monoisotopic (exact) mass is 167 g/mol. The van der Waals surface area contributed by atoms with Gasteiger partial charge >= 0.3 is 0 Å². The molecule has 1 unspecified atom stereocenters. The molecule has 0 spiro atoms. The van der Waals surface area contributed by atoms with Gasteiger partial charge in [0.1, 0.15) is 6.54 Å². The summed E-state index contributed by atoms with van der Waals surface area (Å²) in [7, 11) is 0. The van der Waals surface area contributed by atoms with Crippen LogP contribution in [0.5, 0.6) is 0 Å². The van der Waals surface area contributed by atoms with E-state index in [1.54, 1.807) is 0 Å². The first-order valence-electron chi connectivity index (χ1n) is 4.05. The number of carbonyl (C=O) groups excluding carboxylic acids is 1. The molecule has 1 atom stereocenters. The Balaban J connectivity index is 2.45. The van der Waals surface area contributed by atoms with Crippen LogP contribution in [0.15, 0.2) is 0 Å². The summed E-state index contributed by atoms with van der Waals surface area (Å²) in [6, 6.07) is 1.89. The van der Waals surface area contributed by atoms with Gasteiger partial charge in [-0.25, -0.2) is 0 Å². The SMILES string of the molecule is CC1(C(=O)NCC#N)CCNC1. The van der Waals surface area contributed by atoms with E-state index in [4.69, 9.17) is 5.26 Å². The van der Waals surface area contributed by atoms with Crippen LogP contribution < -0.4 is 10.6 Å². The lowest BCUT2D eigenvalue weighted by Crippen LogP contribution is -2.40. The van der Waals surface area contributed by atoms with Gasteiger partial charge in [-0.15, -0.1) is 0 Å². The van der Waals surface area contributed by atoms with Crippen molar-refractivity contribution in [3.63, 3.8) is 0 Å². The number of carbonyl (C=O) groups is 1. The molecular weight excluding hydrogens is 154 g/mol. The Morgan fingerprint density at radius 1 is 1.83 bits per heavy atom. The highest BCUT2D eigenvalue weighted by Crippen LogP contribution is 2.23.